The topological polar surface area (TPSA) is 103 Å². The van der Waals surface area contributed by atoms with Crippen molar-refractivity contribution in [1.82, 2.24) is 20.3 Å². The van der Waals surface area contributed by atoms with Crippen LogP contribution in [0.3, 0.4) is 0 Å². The van der Waals surface area contributed by atoms with Crippen LogP contribution < -0.4 is 15.4 Å². The molecule has 1 aromatic rings. The van der Waals surface area contributed by atoms with Crippen molar-refractivity contribution in [2.75, 3.05) is 38.5 Å². The van der Waals surface area contributed by atoms with Gasteiger partial charge in [-0.15, -0.1) is 24.0 Å². The van der Waals surface area contributed by atoms with E-state index in [0.29, 0.717) is 25.5 Å². The molecule has 0 bridgehead atoms. The lowest BCUT2D eigenvalue weighted by Crippen LogP contribution is -2.41. The van der Waals surface area contributed by atoms with Crippen LogP contribution in [0, 0.1) is 0 Å². The Morgan fingerprint density at radius 3 is 2.62 bits per heavy atom. The molecule has 29 heavy (non-hydrogen) atoms. The molecule has 1 fully saturated rings. The first-order valence-electron chi connectivity index (χ1n) is 9.81. The van der Waals surface area contributed by atoms with E-state index in [9.17, 15) is 13.2 Å². The molecule has 2 rings (SSSR count). The van der Waals surface area contributed by atoms with Gasteiger partial charge < -0.3 is 15.5 Å². The number of sulfonamides is 1. The van der Waals surface area contributed by atoms with E-state index in [1.165, 1.54) is 0 Å². The minimum Gasteiger partial charge on any atom is -0.357 e. The number of nitrogens with one attached hydrogen (secondary N) is 3. The second-order valence-electron chi connectivity index (χ2n) is 6.65. The van der Waals surface area contributed by atoms with Crippen LogP contribution in [-0.4, -0.2) is 63.7 Å². The molecule has 0 unspecified atom stereocenters. The number of halogens is 1. The Hall–Kier alpha value is -1.40. The molecule has 0 atom stereocenters. The number of amides is 1. The van der Waals surface area contributed by atoms with Gasteiger partial charge in [-0.05, 0) is 25.3 Å². The molecular formula is C19H32IN5O3S. The minimum atomic E-state index is -3.37. The summed E-state index contributed by atoms with van der Waals surface area (Å²) in [6.45, 7) is 5.34. The minimum absolute atomic E-state index is 0. The van der Waals surface area contributed by atoms with E-state index in [4.69, 9.17) is 0 Å². The van der Waals surface area contributed by atoms with E-state index >= 15 is 0 Å². The lowest BCUT2D eigenvalue weighted by Gasteiger charge is -2.15. The number of hydrogen-bond donors (Lipinski definition) is 3. The van der Waals surface area contributed by atoms with E-state index in [2.05, 4.69) is 20.3 Å². The number of rotatable bonds is 11. The Balaban J connectivity index is 0.00000420. The van der Waals surface area contributed by atoms with Crippen molar-refractivity contribution in [1.29, 1.82) is 0 Å². The zero-order valence-electron chi connectivity index (χ0n) is 16.9. The molecule has 1 heterocycles. The summed E-state index contributed by atoms with van der Waals surface area (Å²) in [5.41, 5.74) is 0.922. The van der Waals surface area contributed by atoms with Crippen molar-refractivity contribution in [2.24, 2.45) is 4.99 Å². The number of carbonyl (C=O) groups is 1. The molecule has 164 valence electrons. The Kier molecular flexibility index (Phi) is 12.2. The van der Waals surface area contributed by atoms with E-state index in [0.717, 1.165) is 31.5 Å². The average Bonchev–Trinajstić information content (AvgIpc) is 3.09. The van der Waals surface area contributed by atoms with Crippen molar-refractivity contribution in [2.45, 2.75) is 32.7 Å². The normalized spacial score (nSPS) is 14.6. The molecule has 0 spiro atoms. The second kappa shape index (κ2) is 13.8. The molecule has 1 aliphatic rings. The molecule has 0 radical (unpaired) electrons. The van der Waals surface area contributed by atoms with Crippen molar-refractivity contribution >= 4 is 45.9 Å². The van der Waals surface area contributed by atoms with Crippen LogP contribution in [0.15, 0.2) is 35.3 Å². The molecule has 1 amide bonds. The van der Waals surface area contributed by atoms with Gasteiger partial charge in [0.1, 0.15) is 0 Å². The third-order valence-corrected chi connectivity index (χ3v) is 5.70. The molecule has 10 heteroatoms. The Morgan fingerprint density at radius 1 is 1.21 bits per heavy atom. The Bertz CT molecular complexity index is 743. The van der Waals surface area contributed by atoms with Gasteiger partial charge >= 0.3 is 0 Å². The quantitative estimate of drug-likeness (QED) is 0.171. The zero-order valence-corrected chi connectivity index (χ0v) is 20.0. The first-order chi connectivity index (χ1) is 13.5. The van der Waals surface area contributed by atoms with E-state index in [1.807, 2.05) is 42.2 Å². The largest absolute Gasteiger partial charge is 0.357 e. The van der Waals surface area contributed by atoms with Gasteiger partial charge in [-0.2, -0.15) is 0 Å². The molecular weight excluding hydrogens is 505 g/mol. The van der Waals surface area contributed by atoms with Gasteiger partial charge in [0.25, 0.3) is 0 Å². The van der Waals surface area contributed by atoms with Crippen molar-refractivity contribution in [3.8, 4) is 0 Å². The predicted octanol–water partition coefficient (Wildman–Crippen LogP) is 1.29. The van der Waals surface area contributed by atoms with Crippen LogP contribution in [0.25, 0.3) is 0 Å². The predicted molar refractivity (Wildman–Crippen MR) is 127 cm³/mol. The summed E-state index contributed by atoms with van der Waals surface area (Å²) >= 11 is 0. The van der Waals surface area contributed by atoms with Crippen LogP contribution >= 0.6 is 24.0 Å². The van der Waals surface area contributed by atoms with Gasteiger partial charge in [0, 0.05) is 45.7 Å². The molecule has 0 aliphatic carbocycles. The van der Waals surface area contributed by atoms with Gasteiger partial charge in [0.05, 0.1) is 5.75 Å². The van der Waals surface area contributed by atoms with Gasteiger partial charge in [-0.25, -0.2) is 13.1 Å². The van der Waals surface area contributed by atoms with Gasteiger partial charge in [-0.3, -0.25) is 9.79 Å². The maximum absolute atomic E-state index is 12.1. The standard InChI is InChI=1S/C19H31N5O3S.HI/c1-2-20-19(21-11-7-14-24-13-6-10-18(24)25)22-12-15-28(26,27)23-16-17-8-4-3-5-9-17;/h3-5,8-9,23H,2,6-7,10-16H2,1H3,(H2,20,21,22);1H. The smallest absolute Gasteiger partial charge is 0.222 e. The number of guanidine groups is 1. The Labute approximate surface area is 191 Å². The summed E-state index contributed by atoms with van der Waals surface area (Å²) in [4.78, 5) is 17.9. The van der Waals surface area contributed by atoms with Crippen molar-refractivity contribution in [3.63, 3.8) is 0 Å². The lowest BCUT2D eigenvalue weighted by molar-refractivity contribution is -0.127. The molecule has 0 saturated carbocycles. The SMILES string of the molecule is CCNC(=NCCCN1CCCC1=O)NCCS(=O)(=O)NCc1ccccc1.I. The highest BCUT2D eigenvalue weighted by molar-refractivity contribution is 14.0. The van der Waals surface area contributed by atoms with E-state index in [1.54, 1.807) is 0 Å². The molecule has 1 aromatic carbocycles. The maximum Gasteiger partial charge on any atom is 0.222 e. The highest BCUT2D eigenvalue weighted by atomic mass is 127. The van der Waals surface area contributed by atoms with Crippen LogP contribution in [0.1, 0.15) is 31.7 Å². The zero-order chi connectivity index (χ0) is 20.2. The molecule has 8 nitrogen and oxygen atoms in total. The summed E-state index contributed by atoms with van der Waals surface area (Å²) < 4.78 is 26.9. The summed E-state index contributed by atoms with van der Waals surface area (Å²) in [5.74, 6) is 0.780. The maximum atomic E-state index is 12.1. The van der Waals surface area contributed by atoms with E-state index in [-0.39, 0.29) is 48.7 Å². The fourth-order valence-corrected chi connectivity index (χ4v) is 3.80. The second-order valence-corrected chi connectivity index (χ2v) is 8.58. The van der Waals surface area contributed by atoms with Crippen molar-refractivity contribution in [3.05, 3.63) is 35.9 Å². The monoisotopic (exact) mass is 537 g/mol. The van der Waals surface area contributed by atoms with Crippen LogP contribution in [0.2, 0.25) is 0 Å². The summed E-state index contributed by atoms with van der Waals surface area (Å²) in [6, 6.07) is 9.42. The molecule has 1 saturated heterocycles. The van der Waals surface area contributed by atoms with Gasteiger partial charge in [0.15, 0.2) is 5.96 Å². The van der Waals surface area contributed by atoms with Crippen LogP contribution in [0.5, 0.6) is 0 Å². The number of nitrogens with zero attached hydrogens (tertiary/aromatic N) is 2. The third-order valence-electron chi connectivity index (χ3n) is 4.37. The summed E-state index contributed by atoms with van der Waals surface area (Å²) in [7, 11) is -3.37. The van der Waals surface area contributed by atoms with E-state index < -0.39 is 10.0 Å². The molecule has 0 aromatic heterocycles. The molecule has 3 N–H and O–H groups in total. The first kappa shape index (κ1) is 25.6. The summed E-state index contributed by atoms with van der Waals surface area (Å²) in [6.07, 6.45) is 2.39. The highest BCUT2D eigenvalue weighted by Gasteiger charge is 2.18. The third kappa shape index (κ3) is 10.3. The van der Waals surface area contributed by atoms with Gasteiger partial charge in [0.2, 0.25) is 15.9 Å². The fraction of sp³-hybridized carbons (Fsp3) is 0.579. The average molecular weight is 537 g/mol. The van der Waals surface area contributed by atoms with Crippen LogP contribution in [-0.2, 0) is 21.4 Å². The van der Waals surface area contributed by atoms with Crippen molar-refractivity contribution < 1.29 is 13.2 Å². The van der Waals surface area contributed by atoms with Gasteiger partial charge in [-0.1, -0.05) is 30.3 Å². The first-order valence-corrected chi connectivity index (χ1v) is 11.5. The highest BCUT2D eigenvalue weighted by Crippen LogP contribution is 2.09. The van der Waals surface area contributed by atoms with Crippen LogP contribution in [0.4, 0.5) is 0 Å². The number of hydrogen-bond acceptors (Lipinski definition) is 4. The lowest BCUT2D eigenvalue weighted by atomic mass is 10.2. The molecule has 1 aliphatic heterocycles. The summed E-state index contributed by atoms with van der Waals surface area (Å²) in [5, 5.41) is 6.16. The fourth-order valence-electron chi connectivity index (χ4n) is 2.90. The number of carbonyl (C=O) groups excluding carboxylic acids is 1. The number of benzene rings is 1. The number of likely N-dealkylation sites (tertiary alicyclic amines) is 1. The Morgan fingerprint density at radius 2 is 1.97 bits per heavy atom. The number of aliphatic imine (C=N–C) groups is 1.